The van der Waals surface area contributed by atoms with E-state index in [-0.39, 0.29) is 30.8 Å². The second kappa shape index (κ2) is 12.0. The number of anilines is 3. The van der Waals surface area contributed by atoms with E-state index in [1.54, 1.807) is 59.5 Å². The number of hydrogen-bond acceptors (Lipinski definition) is 4. The Morgan fingerprint density at radius 2 is 1.70 bits per heavy atom. The van der Waals surface area contributed by atoms with Gasteiger partial charge < -0.3 is 16.4 Å². The molecule has 1 aliphatic heterocycles. The van der Waals surface area contributed by atoms with Crippen molar-refractivity contribution >= 4 is 46.6 Å². The van der Waals surface area contributed by atoms with E-state index in [2.05, 4.69) is 10.6 Å². The average molecular weight is 525 g/mol. The third-order valence-corrected chi connectivity index (χ3v) is 6.50. The lowest BCUT2D eigenvalue weighted by atomic mass is 9.88. The Morgan fingerprint density at radius 1 is 1.00 bits per heavy atom. The van der Waals surface area contributed by atoms with Gasteiger partial charge in [-0.2, -0.15) is 0 Å². The lowest BCUT2D eigenvalue weighted by Crippen LogP contribution is -2.30. The molecule has 0 saturated carbocycles. The molecule has 4 rings (SSSR count). The molecular formula is C28H27ClF2N4O2. The summed E-state index contributed by atoms with van der Waals surface area (Å²) in [5.41, 5.74) is 9.10. The zero-order valence-electron chi connectivity index (χ0n) is 19.9. The van der Waals surface area contributed by atoms with E-state index >= 15 is 0 Å². The molecule has 0 radical (unpaired) electrons. The fourth-order valence-corrected chi connectivity index (χ4v) is 4.54. The summed E-state index contributed by atoms with van der Waals surface area (Å²) in [4.78, 5) is 27.0. The van der Waals surface area contributed by atoms with Gasteiger partial charge in [-0.25, -0.2) is 8.78 Å². The Bertz CT molecular complexity index is 1270. The van der Waals surface area contributed by atoms with Crippen LogP contribution in [-0.2, 0) is 9.59 Å². The normalized spacial score (nSPS) is 17.8. The Labute approximate surface area is 219 Å². The predicted octanol–water partition coefficient (Wildman–Crippen LogP) is 5.49. The van der Waals surface area contributed by atoms with Gasteiger partial charge in [0.25, 0.3) is 6.43 Å². The van der Waals surface area contributed by atoms with Crippen LogP contribution in [0.25, 0.3) is 6.08 Å². The first kappa shape index (κ1) is 26.3. The lowest BCUT2D eigenvalue weighted by Gasteiger charge is -2.19. The highest BCUT2D eigenvalue weighted by Crippen LogP contribution is 2.34. The largest absolute Gasteiger partial charge is 0.397 e. The summed E-state index contributed by atoms with van der Waals surface area (Å²) in [6.07, 6.45) is 0.591. The lowest BCUT2D eigenvalue weighted by molar-refractivity contribution is -0.120. The van der Waals surface area contributed by atoms with Crippen LogP contribution in [0.15, 0.2) is 78.9 Å². The average Bonchev–Trinajstić information content (AvgIpc) is 3.29. The van der Waals surface area contributed by atoms with E-state index < -0.39 is 12.3 Å². The number of carbonyl (C=O) groups is 2. The number of nitrogens with zero attached hydrogens (tertiary/aromatic N) is 1. The topological polar surface area (TPSA) is 87.5 Å². The zero-order valence-corrected chi connectivity index (χ0v) is 20.7. The van der Waals surface area contributed by atoms with E-state index in [4.69, 9.17) is 17.3 Å². The van der Waals surface area contributed by atoms with Crippen molar-refractivity contribution < 1.29 is 18.4 Å². The maximum Gasteiger partial charge on any atom is 0.251 e. The molecule has 2 atom stereocenters. The molecule has 0 aromatic heterocycles. The molecule has 0 spiro atoms. The SMILES string of the molecule is Nc1ccccc1NC(=O)/C=C/c1ccc([C@H]2CN(CC(F)F)C[C@@H]2C(=O)Nc2ccc(Cl)cc2)cc1. The van der Waals surface area contributed by atoms with Crippen LogP contribution in [0.4, 0.5) is 25.8 Å². The molecule has 6 nitrogen and oxygen atoms in total. The van der Waals surface area contributed by atoms with Crippen LogP contribution in [0.5, 0.6) is 0 Å². The highest BCUT2D eigenvalue weighted by atomic mass is 35.5. The number of rotatable bonds is 8. The summed E-state index contributed by atoms with van der Waals surface area (Å²) in [6, 6.07) is 21.1. The molecule has 192 valence electrons. The van der Waals surface area contributed by atoms with Crippen molar-refractivity contribution in [2.24, 2.45) is 5.92 Å². The quantitative estimate of drug-likeness (QED) is 0.268. The number of halogens is 3. The van der Waals surface area contributed by atoms with Crippen LogP contribution in [0.1, 0.15) is 17.0 Å². The number of carbonyl (C=O) groups excluding carboxylic acids is 2. The van der Waals surface area contributed by atoms with Crippen LogP contribution < -0.4 is 16.4 Å². The van der Waals surface area contributed by atoms with Gasteiger partial charge in [-0.05, 0) is 53.6 Å². The van der Waals surface area contributed by atoms with Crippen molar-refractivity contribution in [2.45, 2.75) is 12.3 Å². The van der Waals surface area contributed by atoms with Gasteiger partial charge in [0.2, 0.25) is 11.8 Å². The molecule has 1 heterocycles. The molecule has 0 bridgehead atoms. The first-order chi connectivity index (χ1) is 17.8. The number of amides is 2. The fourth-order valence-electron chi connectivity index (χ4n) is 4.41. The van der Waals surface area contributed by atoms with Crippen molar-refractivity contribution in [2.75, 3.05) is 36.0 Å². The molecule has 1 fully saturated rings. The van der Waals surface area contributed by atoms with E-state index in [9.17, 15) is 18.4 Å². The van der Waals surface area contributed by atoms with Gasteiger partial charge in [0.1, 0.15) is 0 Å². The van der Waals surface area contributed by atoms with Crippen LogP contribution in [0, 0.1) is 5.92 Å². The van der Waals surface area contributed by atoms with Gasteiger partial charge in [-0.1, -0.05) is 48.0 Å². The van der Waals surface area contributed by atoms with E-state index in [0.717, 1.165) is 11.1 Å². The number of likely N-dealkylation sites (tertiary alicyclic amines) is 1. The number of hydrogen-bond donors (Lipinski definition) is 3. The molecule has 2 amide bonds. The number of nitrogen functional groups attached to an aromatic ring is 1. The van der Waals surface area contributed by atoms with Gasteiger partial charge in [0.05, 0.1) is 23.8 Å². The van der Waals surface area contributed by atoms with Gasteiger partial charge in [0, 0.05) is 35.8 Å². The summed E-state index contributed by atoms with van der Waals surface area (Å²) >= 11 is 5.92. The van der Waals surface area contributed by atoms with Crippen molar-refractivity contribution in [1.82, 2.24) is 4.90 Å². The molecule has 0 aliphatic carbocycles. The van der Waals surface area contributed by atoms with E-state index in [0.29, 0.717) is 28.6 Å². The van der Waals surface area contributed by atoms with E-state index in [1.165, 1.54) is 6.08 Å². The first-order valence-corrected chi connectivity index (χ1v) is 12.2. The smallest absolute Gasteiger partial charge is 0.251 e. The van der Waals surface area contributed by atoms with Crippen molar-refractivity contribution in [3.8, 4) is 0 Å². The van der Waals surface area contributed by atoms with Gasteiger partial charge in [0.15, 0.2) is 0 Å². The monoisotopic (exact) mass is 524 g/mol. The second-order valence-corrected chi connectivity index (χ2v) is 9.33. The van der Waals surface area contributed by atoms with E-state index in [1.807, 2.05) is 24.3 Å². The molecule has 4 N–H and O–H groups in total. The van der Waals surface area contributed by atoms with Crippen LogP contribution >= 0.6 is 11.6 Å². The summed E-state index contributed by atoms with van der Waals surface area (Å²) in [5, 5.41) is 6.16. The maximum absolute atomic E-state index is 13.1. The van der Waals surface area contributed by atoms with Gasteiger partial charge in [-0.3, -0.25) is 14.5 Å². The number of alkyl halides is 2. The molecule has 3 aromatic carbocycles. The summed E-state index contributed by atoms with van der Waals surface area (Å²) in [6.45, 7) is 0.196. The predicted molar refractivity (Wildman–Crippen MR) is 144 cm³/mol. The maximum atomic E-state index is 13.1. The summed E-state index contributed by atoms with van der Waals surface area (Å²) < 4.78 is 26.2. The molecule has 9 heteroatoms. The summed E-state index contributed by atoms with van der Waals surface area (Å²) in [7, 11) is 0. The number of para-hydroxylation sites is 2. The third-order valence-electron chi connectivity index (χ3n) is 6.25. The van der Waals surface area contributed by atoms with Gasteiger partial charge in [-0.15, -0.1) is 0 Å². The van der Waals surface area contributed by atoms with Gasteiger partial charge >= 0.3 is 0 Å². The zero-order chi connectivity index (χ0) is 26.4. The molecule has 3 aromatic rings. The highest BCUT2D eigenvalue weighted by Gasteiger charge is 2.39. The molecule has 37 heavy (non-hydrogen) atoms. The minimum absolute atomic E-state index is 0.232. The Balaban J connectivity index is 1.45. The number of nitrogens with two attached hydrogens (primary N) is 1. The molecule has 1 aliphatic rings. The summed E-state index contributed by atoms with van der Waals surface area (Å²) in [5.74, 6) is -1.31. The van der Waals surface area contributed by atoms with Crippen LogP contribution in [0.2, 0.25) is 5.02 Å². The number of benzene rings is 3. The van der Waals surface area contributed by atoms with Crippen molar-refractivity contribution in [3.63, 3.8) is 0 Å². The standard InChI is InChI=1S/C28H27ClF2N4O2/c29-20-10-12-21(13-11-20)33-28(37)23-16-35(17-26(30)31)15-22(23)19-8-5-18(6-9-19)7-14-27(36)34-25-4-2-1-3-24(25)32/h1-14,22-23,26H,15-17,32H2,(H,33,37)(H,34,36)/b14-7+/t22-,23+/m1/s1. The van der Waals surface area contributed by atoms with Crippen molar-refractivity contribution in [1.29, 1.82) is 0 Å². The second-order valence-electron chi connectivity index (χ2n) is 8.90. The fraction of sp³-hybridized carbons (Fsp3) is 0.214. The minimum atomic E-state index is -2.48. The Morgan fingerprint density at radius 3 is 2.38 bits per heavy atom. The van der Waals surface area contributed by atoms with Crippen LogP contribution in [-0.4, -0.2) is 42.8 Å². The molecule has 1 saturated heterocycles. The molecular weight excluding hydrogens is 498 g/mol. The van der Waals surface area contributed by atoms with Crippen LogP contribution in [0.3, 0.4) is 0 Å². The Hall–Kier alpha value is -3.75. The minimum Gasteiger partial charge on any atom is -0.397 e. The molecule has 0 unspecified atom stereocenters. The highest BCUT2D eigenvalue weighted by molar-refractivity contribution is 6.30. The Kier molecular flexibility index (Phi) is 8.53. The number of nitrogens with one attached hydrogen (secondary N) is 2. The van der Waals surface area contributed by atoms with Crippen molar-refractivity contribution in [3.05, 3.63) is 95.0 Å². The third kappa shape index (κ3) is 7.15. The first-order valence-electron chi connectivity index (χ1n) is 11.8.